The number of hydroxylamine groups is 2. The van der Waals surface area contributed by atoms with Crippen molar-refractivity contribution in [2.45, 2.75) is 51.9 Å². The second-order valence-electron chi connectivity index (χ2n) is 11.1. The summed E-state index contributed by atoms with van der Waals surface area (Å²) in [5.41, 5.74) is 2.43. The number of hydrogen-bond donors (Lipinski definition) is 0. The second kappa shape index (κ2) is 12.8. The molecule has 2 aliphatic rings. The van der Waals surface area contributed by atoms with E-state index in [2.05, 4.69) is 17.0 Å². The SMILES string of the molecule is COC(=O)C1CN(c2nc(OCON(C)C)nc3c2CCN(Cc2ccccc2)C3)CCN1C(=O)OC(C)(C)C. The summed E-state index contributed by atoms with van der Waals surface area (Å²) in [6, 6.07) is 9.67. The van der Waals surface area contributed by atoms with Crippen molar-refractivity contribution in [3.63, 3.8) is 0 Å². The van der Waals surface area contributed by atoms with E-state index in [1.165, 1.54) is 22.6 Å². The van der Waals surface area contributed by atoms with E-state index in [0.29, 0.717) is 18.9 Å². The molecule has 2 aliphatic heterocycles. The first-order valence-electron chi connectivity index (χ1n) is 13.5. The van der Waals surface area contributed by atoms with Gasteiger partial charge in [0.05, 0.1) is 19.3 Å². The number of esters is 1. The molecular formula is C28H40N6O6. The molecule has 40 heavy (non-hydrogen) atoms. The fraction of sp³-hybridized carbons (Fsp3) is 0.571. The van der Waals surface area contributed by atoms with Gasteiger partial charge >= 0.3 is 18.1 Å². The van der Waals surface area contributed by atoms with E-state index in [1.54, 1.807) is 34.9 Å². The Kier molecular flexibility index (Phi) is 9.44. The zero-order valence-corrected chi connectivity index (χ0v) is 24.3. The molecule has 218 valence electrons. The lowest BCUT2D eigenvalue weighted by Gasteiger charge is -2.41. The molecule has 0 saturated carbocycles. The summed E-state index contributed by atoms with van der Waals surface area (Å²) in [4.78, 5) is 46.4. The minimum atomic E-state index is -0.848. The van der Waals surface area contributed by atoms with Crippen LogP contribution in [0.4, 0.5) is 10.6 Å². The molecule has 1 atom stereocenters. The highest BCUT2D eigenvalue weighted by Gasteiger charge is 2.40. The number of carbonyl (C=O) groups is 2. The highest BCUT2D eigenvalue weighted by Crippen LogP contribution is 2.31. The molecular weight excluding hydrogens is 516 g/mol. The van der Waals surface area contributed by atoms with Gasteiger partial charge in [0.15, 0.2) is 6.04 Å². The third kappa shape index (κ3) is 7.58. The molecule has 1 saturated heterocycles. The zero-order chi connectivity index (χ0) is 28.9. The minimum Gasteiger partial charge on any atom is -0.467 e. The van der Waals surface area contributed by atoms with Crippen LogP contribution in [0.5, 0.6) is 6.01 Å². The maximum atomic E-state index is 12.9. The van der Waals surface area contributed by atoms with Gasteiger partial charge in [0.1, 0.15) is 11.4 Å². The zero-order valence-electron chi connectivity index (χ0n) is 24.3. The Bertz CT molecular complexity index is 1170. The molecule has 0 N–H and O–H groups in total. The minimum absolute atomic E-state index is 0.0455. The van der Waals surface area contributed by atoms with Crippen molar-refractivity contribution in [1.82, 2.24) is 24.8 Å². The number of ether oxygens (including phenoxy) is 3. The quantitative estimate of drug-likeness (QED) is 0.272. The second-order valence-corrected chi connectivity index (χ2v) is 11.1. The number of nitrogens with zero attached hydrogens (tertiary/aromatic N) is 6. The smallest absolute Gasteiger partial charge is 0.411 e. The fourth-order valence-electron chi connectivity index (χ4n) is 4.78. The molecule has 3 heterocycles. The van der Waals surface area contributed by atoms with Crippen molar-refractivity contribution in [2.75, 3.05) is 59.1 Å². The number of anilines is 1. The summed E-state index contributed by atoms with van der Waals surface area (Å²) in [6.45, 7) is 8.54. The van der Waals surface area contributed by atoms with Gasteiger partial charge in [-0.25, -0.2) is 9.59 Å². The molecule has 1 fully saturated rings. The van der Waals surface area contributed by atoms with E-state index in [4.69, 9.17) is 29.0 Å². The van der Waals surface area contributed by atoms with Crippen LogP contribution in [0.3, 0.4) is 0 Å². The predicted molar refractivity (Wildman–Crippen MR) is 148 cm³/mol. The van der Waals surface area contributed by atoms with Crippen LogP contribution in [-0.2, 0) is 38.6 Å². The molecule has 1 aromatic carbocycles. The van der Waals surface area contributed by atoms with Gasteiger partial charge in [-0.05, 0) is 32.8 Å². The Labute approximate surface area is 235 Å². The average molecular weight is 557 g/mol. The van der Waals surface area contributed by atoms with Crippen LogP contribution in [-0.4, -0.2) is 103 Å². The van der Waals surface area contributed by atoms with E-state index in [-0.39, 0.29) is 25.9 Å². The fourth-order valence-corrected chi connectivity index (χ4v) is 4.78. The van der Waals surface area contributed by atoms with Crippen LogP contribution in [0.25, 0.3) is 0 Å². The molecule has 1 aromatic heterocycles. The van der Waals surface area contributed by atoms with Gasteiger partial charge < -0.3 is 19.1 Å². The number of fused-ring (bicyclic) bond motifs is 1. The summed E-state index contributed by atoms with van der Waals surface area (Å²) in [7, 11) is 4.85. The summed E-state index contributed by atoms with van der Waals surface area (Å²) >= 11 is 0. The van der Waals surface area contributed by atoms with Crippen LogP contribution in [0.15, 0.2) is 30.3 Å². The summed E-state index contributed by atoms with van der Waals surface area (Å²) in [5, 5.41) is 1.54. The van der Waals surface area contributed by atoms with Gasteiger partial charge in [-0.15, -0.1) is 0 Å². The molecule has 0 spiro atoms. The highest BCUT2D eigenvalue weighted by atomic mass is 16.8. The van der Waals surface area contributed by atoms with Crippen molar-refractivity contribution in [2.24, 2.45) is 0 Å². The van der Waals surface area contributed by atoms with Gasteiger partial charge in [0, 0.05) is 52.4 Å². The number of hydrogen-bond acceptors (Lipinski definition) is 11. The Morgan fingerprint density at radius 1 is 1.07 bits per heavy atom. The van der Waals surface area contributed by atoms with Gasteiger partial charge in [-0.3, -0.25) is 14.6 Å². The number of carbonyl (C=O) groups excluding carboxylic acids is 2. The molecule has 2 aromatic rings. The van der Waals surface area contributed by atoms with Gasteiger partial charge in [0.25, 0.3) is 0 Å². The van der Waals surface area contributed by atoms with E-state index in [9.17, 15) is 9.59 Å². The average Bonchev–Trinajstić information content (AvgIpc) is 2.91. The molecule has 0 bridgehead atoms. The maximum Gasteiger partial charge on any atom is 0.411 e. The van der Waals surface area contributed by atoms with Gasteiger partial charge in [-0.1, -0.05) is 30.3 Å². The third-order valence-corrected chi connectivity index (χ3v) is 6.63. The van der Waals surface area contributed by atoms with E-state index < -0.39 is 23.7 Å². The van der Waals surface area contributed by atoms with E-state index >= 15 is 0 Å². The number of piperazine rings is 1. The molecule has 4 rings (SSSR count). The standard InChI is InChI=1S/C28H40N6O6/c1-28(2,3)40-27(36)34-15-14-33(18-23(34)25(35)37-6)24-21-12-13-32(16-20-10-8-7-9-11-20)17-22(21)29-26(30-24)38-19-39-31(4)5/h7-11,23H,12-19H2,1-6H3. The number of benzene rings is 1. The first kappa shape index (κ1) is 29.5. The van der Waals surface area contributed by atoms with Crippen LogP contribution < -0.4 is 9.64 Å². The predicted octanol–water partition coefficient (Wildman–Crippen LogP) is 2.46. The van der Waals surface area contributed by atoms with Gasteiger partial charge in [-0.2, -0.15) is 15.0 Å². The monoisotopic (exact) mass is 556 g/mol. The van der Waals surface area contributed by atoms with Crippen molar-refractivity contribution in [1.29, 1.82) is 0 Å². The lowest BCUT2D eigenvalue weighted by Crippen LogP contribution is -2.59. The third-order valence-electron chi connectivity index (χ3n) is 6.63. The van der Waals surface area contributed by atoms with Crippen LogP contribution in [0.2, 0.25) is 0 Å². The molecule has 12 heteroatoms. The Hall–Kier alpha value is -3.48. The molecule has 1 amide bonds. The van der Waals surface area contributed by atoms with Crippen LogP contribution in [0.1, 0.15) is 37.6 Å². The van der Waals surface area contributed by atoms with Crippen molar-refractivity contribution >= 4 is 17.9 Å². The lowest BCUT2D eigenvalue weighted by atomic mass is 10.0. The van der Waals surface area contributed by atoms with Crippen LogP contribution >= 0.6 is 0 Å². The number of methoxy groups -OCH3 is 1. The Morgan fingerprint density at radius 3 is 2.50 bits per heavy atom. The van der Waals surface area contributed by atoms with Crippen molar-refractivity contribution < 1.29 is 28.6 Å². The first-order chi connectivity index (χ1) is 19.0. The number of amides is 1. The van der Waals surface area contributed by atoms with Gasteiger partial charge in [0.2, 0.25) is 6.79 Å². The molecule has 12 nitrogen and oxygen atoms in total. The summed E-state index contributed by atoms with van der Waals surface area (Å²) in [6.07, 6.45) is 0.190. The topological polar surface area (TPSA) is 110 Å². The molecule has 1 unspecified atom stereocenters. The van der Waals surface area contributed by atoms with Crippen molar-refractivity contribution in [3.05, 3.63) is 47.2 Å². The lowest BCUT2D eigenvalue weighted by molar-refractivity contribution is -0.171. The van der Waals surface area contributed by atoms with E-state index in [0.717, 1.165) is 30.8 Å². The molecule has 0 aliphatic carbocycles. The molecule has 0 radical (unpaired) electrons. The summed E-state index contributed by atoms with van der Waals surface area (Å²) in [5.74, 6) is 0.185. The van der Waals surface area contributed by atoms with Crippen LogP contribution in [0, 0.1) is 0 Å². The summed E-state index contributed by atoms with van der Waals surface area (Å²) < 4.78 is 16.4. The normalized spacial score (nSPS) is 17.9. The Morgan fingerprint density at radius 2 is 1.82 bits per heavy atom. The maximum absolute atomic E-state index is 12.9. The number of rotatable bonds is 8. The number of aromatic nitrogens is 2. The first-order valence-corrected chi connectivity index (χ1v) is 13.5. The largest absolute Gasteiger partial charge is 0.467 e. The Balaban J connectivity index is 1.60. The highest BCUT2D eigenvalue weighted by molar-refractivity contribution is 5.83. The van der Waals surface area contributed by atoms with E-state index in [1.807, 2.05) is 23.1 Å². The van der Waals surface area contributed by atoms with Crippen molar-refractivity contribution in [3.8, 4) is 6.01 Å².